The van der Waals surface area contributed by atoms with Crippen LogP contribution in [0, 0.1) is 12.7 Å². The smallest absolute Gasteiger partial charge is 0.243 e. The van der Waals surface area contributed by atoms with Gasteiger partial charge in [0.1, 0.15) is 11.6 Å². The molecule has 4 nitrogen and oxygen atoms in total. The summed E-state index contributed by atoms with van der Waals surface area (Å²) in [5.41, 5.74) is 2.10. The van der Waals surface area contributed by atoms with E-state index in [0.717, 1.165) is 5.56 Å². The molecule has 0 aliphatic rings. The predicted molar refractivity (Wildman–Crippen MR) is 85.9 cm³/mol. The molecule has 0 bridgehead atoms. The minimum absolute atomic E-state index is 0.0464. The van der Waals surface area contributed by atoms with Gasteiger partial charge < -0.3 is 15.4 Å². The van der Waals surface area contributed by atoms with Crippen molar-refractivity contribution in [3.05, 3.63) is 53.8 Å². The Balaban J connectivity index is 1.97. The molecule has 2 aromatic rings. The van der Waals surface area contributed by atoms with Crippen LogP contribution in [0.3, 0.4) is 0 Å². The molecule has 0 heterocycles. The van der Waals surface area contributed by atoms with E-state index in [4.69, 9.17) is 4.74 Å². The third-order valence-corrected chi connectivity index (χ3v) is 3.10. The average molecular weight is 302 g/mol. The Bertz CT molecular complexity index is 659. The van der Waals surface area contributed by atoms with Gasteiger partial charge in [0.2, 0.25) is 5.91 Å². The Morgan fingerprint density at radius 1 is 1.18 bits per heavy atom. The van der Waals surface area contributed by atoms with Crippen LogP contribution in [0.1, 0.15) is 12.5 Å². The molecule has 0 aliphatic heterocycles. The average Bonchev–Trinajstić information content (AvgIpc) is 2.50. The highest BCUT2D eigenvalue weighted by Gasteiger charge is 2.08. The molecule has 0 saturated carbocycles. The van der Waals surface area contributed by atoms with E-state index in [0.29, 0.717) is 23.7 Å². The number of rotatable bonds is 6. The summed E-state index contributed by atoms with van der Waals surface area (Å²) in [5.74, 6) is 0.0614. The molecule has 2 aromatic carbocycles. The number of carbonyl (C=O) groups is 1. The predicted octanol–water partition coefficient (Wildman–Crippen LogP) is 3.58. The number of aryl methyl sites for hydroxylation is 1. The Morgan fingerprint density at radius 3 is 2.73 bits per heavy atom. The van der Waals surface area contributed by atoms with Crippen LogP contribution in [0.25, 0.3) is 0 Å². The van der Waals surface area contributed by atoms with Crippen molar-refractivity contribution < 1.29 is 13.9 Å². The fraction of sp³-hybridized carbons (Fsp3) is 0.235. The highest BCUT2D eigenvalue weighted by Crippen LogP contribution is 2.23. The molecule has 0 aromatic heterocycles. The van der Waals surface area contributed by atoms with E-state index in [9.17, 15) is 9.18 Å². The number of nitrogens with one attached hydrogen (secondary N) is 2. The first-order chi connectivity index (χ1) is 10.6. The van der Waals surface area contributed by atoms with Gasteiger partial charge in [-0.15, -0.1) is 0 Å². The van der Waals surface area contributed by atoms with Crippen molar-refractivity contribution in [2.45, 2.75) is 13.8 Å². The summed E-state index contributed by atoms with van der Waals surface area (Å²) in [6.45, 7) is 4.30. The van der Waals surface area contributed by atoms with Gasteiger partial charge in [-0.1, -0.05) is 18.2 Å². The molecular weight excluding hydrogens is 283 g/mol. The Kier molecular flexibility index (Phi) is 5.36. The number of anilines is 2. The van der Waals surface area contributed by atoms with Gasteiger partial charge in [0.05, 0.1) is 18.8 Å². The van der Waals surface area contributed by atoms with Gasteiger partial charge in [-0.3, -0.25) is 4.79 Å². The number of para-hydroxylation sites is 2. The maximum absolute atomic E-state index is 13.2. The van der Waals surface area contributed by atoms with Crippen molar-refractivity contribution in [3.63, 3.8) is 0 Å². The second-order valence-electron chi connectivity index (χ2n) is 4.79. The van der Waals surface area contributed by atoms with Crippen molar-refractivity contribution in [2.75, 3.05) is 23.8 Å². The summed E-state index contributed by atoms with van der Waals surface area (Å²) in [7, 11) is 0. The van der Waals surface area contributed by atoms with E-state index in [1.54, 1.807) is 18.2 Å². The van der Waals surface area contributed by atoms with Gasteiger partial charge in [-0.05, 0) is 43.7 Å². The summed E-state index contributed by atoms with van der Waals surface area (Å²) in [4.78, 5) is 12.0. The largest absolute Gasteiger partial charge is 0.492 e. The highest BCUT2D eigenvalue weighted by atomic mass is 19.1. The van der Waals surface area contributed by atoms with Crippen LogP contribution in [-0.2, 0) is 4.79 Å². The minimum atomic E-state index is -0.338. The first-order valence-electron chi connectivity index (χ1n) is 7.12. The standard InChI is InChI=1S/C17H19FN2O2/c1-3-22-16-7-5-4-6-14(16)20-17(21)11-19-15-10-13(18)9-8-12(15)2/h4-10,19H,3,11H2,1-2H3,(H,20,21). The fourth-order valence-corrected chi connectivity index (χ4v) is 2.01. The fourth-order valence-electron chi connectivity index (χ4n) is 2.01. The summed E-state index contributed by atoms with van der Waals surface area (Å²) >= 11 is 0. The monoisotopic (exact) mass is 302 g/mol. The molecule has 0 spiro atoms. The molecule has 2 N–H and O–H groups in total. The number of amides is 1. The summed E-state index contributed by atoms with van der Waals surface area (Å²) in [5, 5.41) is 5.71. The van der Waals surface area contributed by atoms with E-state index in [-0.39, 0.29) is 18.3 Å². The zero-order valence-electron chi connectivity index (χ0n) is 12.7. The molecule has 0 radical (unpaired) electrons. The zero-order valence-corrected chi connectivity index (χ0v) is 12.7. The third-order valence-electron chi connectivity index (χ3n) is 3.10. The number of benzene rings is 2. The van der Waals surface area contributed by atoms with Crippen LogP contribution in [0.4, 0.5) is 15.8 Å². The number of halogens is 1. The molecular formula is C17H19FN2O2. The molecule has 0 atom stereocenters. The molecule has 116 valence electrons. The van der Waals surface area contributed by atoms with Crippen LogP contribution in [0.2, 0.25) is 0 Å². The van der Waals surface area contributed by atoms with Crippen molar-refractivity contribution in [2.24, 2.45) is 0 Å². The SMILES string of the molecule is CCOc1ccccc1NC(=O)CNc1cc(F)ccc1C. The van der Waals surface area contributed by atoms with E-state index < -0.39 is 0 Å². The quantitative estimate of drug-likeness (QED) is 0.857. The molecule has 0 fully saturated rings. The minimum Gasteiger partial charge on any atom is -0.492 e. The highest BCUT2D eigenvalue weighted by molar-refractivity contribution is 5.95. The van der Waals surface area contributed by atoms with Crippen molar-refractivity contribution in [1.29, 1.82) is 0 Å². The van der Waals surface area contributed by atoms with Gasteiger partial charge in [0, 0.05) is 5.69 Å². The summed E-state index contributed by atoms with van der Waals surface area (Å²) in [6.07, 6.45) is 0. The topological polar surface area (TPSA) is 50.4 Å². The van der Waals surface area contributed by atoms with E-state index in [1.165, 1.54) is 12.1 Å². The van der Waals surface area contributed by atoms with Crippen LogP contribution in [0.15, 0.2) is 42.5 Å². The molecule has 0 saturated heterocycles. The Hall–Kier alpha value is -2.56. The van der Waals surface area contributed by atoms with Crippen LogP contribution >= 0.6 is 0 Å². The second-order valence-corrected chi connectivity index (χ2v) is 4.79. The van der Waals surface area contributed by atoms with Gasteiger partial charge in [-0.25, -0.2) is 4.39 Å². The number of hydrogen-bond donors (Lipinski definition) is 2. The lowest BCUT2D eigenvalue weighted by Crippen LogP contribution is -2.22. The molecule has 0 unspecified atom stereocenters. The number of hydrogen-bond acceptors (Lipinski definition) is 3. The number of ether oxygens (including phenoxy) is 1. The molecule has 22 heavy (non-hydrogen) atoms. The maximum atomic E-state index is 13.2. The van der Waals surface area contributed by atoms with Crippen LogP contribution < -0.4 is 15.4 Å². The van der Waals surface area contributed by atoms with E-state index in [2.05, 4.69) is 10.6 Å². The maximum Gasteiger partial charge on any atom is 0.243 e. The molecule has 0 aliphatic carbocycles. The first kappa shape index (κ1) is 15.8. The molecule has 1 amide bonds. The van der Waals surface area contributed by atoms with Crippen molar-refractivity contribution in [1.82, 2.24) is 0 Å². The summed E-state index contributed by atoms with van der Waals surface area (Å²) in [6, 6.07) is 11.7. The van der Waals surface area contributed by atoms with E-state index >= 15 is 0 Å². The number of carbonyl (C=O) groups excluding carboxylic acids is 1. The lowest BCUT2D eigenvalue weighted by molar-refractivity contribution is -0.114. The molecule has 2 rings (SSSR count). The second kappa shape index (κ2) is 7.45. The van der Waals surface area contributed by atoms with Crippen molar-refractivity contribution >= 4 is 17.3 Å². The molecule has 5 heteroatoms. The van der Waals surface area contributed by atoms with Crippen LogP contribution in [-0.4, -0.2) is 19.1 Å². The normalized spacial score (nSPS) is 10.1. The lowest BCUT2D eigenvalue weighted by Gasteiger charge is -2.13. The third kappa shape index (κ3) is 4.22. The zero-order chi connectivity index (χ0) is 15.9. The van der Waals surface area contributed by atoms with Gasteiger partial charge >= 0.3 is 0 Å². The van der Waals surface area contributed by atoms with Gasteiger partial charge in [-0.2, -0.15) is 0 Å². The van der Waals surface area contributed by atoms with Gasteiger partial charge in [0.15, 0.2) is 0 Å². The Morgan fingerprint density at radius 2 is 1.95 bits per heavy atom. The van der Waals surface area contributed by atoms with Crippen LogP contribution in [0.5, 0.6) is 5.75 Å². The summed E-state index contributed by atoms with van der Waals surface area (Å²) < 4.78 is 18.6. The first-order valence-corrected chi connectivity index (χ1v) is 7.12. The van der Waals surface area contributed by atoms with E-state index in [1.807, 2.05) is 26.0 Å². The van der Waals surface area contributed by atoms with Crippen molar-refractivity contribution in [3.8, 4) is 5.75 Å². The van der Waals surface area contributed by atoms with Gasteiger partial charge in [0.25, 0.3) is 0 Å². The Labute approximate surface area is 129 Å². The lowest BCUT2D eigenvalue weighted by atomic mass is 10.2.